The average Bonchev–Trinajstić information content (AvgIpc) is 2.78. The molecule has 116 valence electrons. The Bertz CT molecular complexity index is 513. The molecule has 0 saturated carbocycles. The van der Waals surface area contributed by atoms with Gasteiger partial charge in [0.15, 0.2) is 0 Å². The molecule has 1 aliphatic heterocycles. The van der Waals surface area contributed by atoms with Gasteiger partial charge in [0.1, 0.15) is 11.8 Å². The summed E-state index contributed by atoms with van der Waals surface area (Å²) in [5, 5.41) is 12.9. The molecule has 1 aliphatic rings. The molecular weight excluding hydrogens is 274 g/mol. The zero-order valence-electron chi connectivity index (χ0n) is 12.6. The molecule has 1 atom stereocenters. The molecular formula is C14H21N3O4. The van der Waals surface area contributed by atoms with Gasteiger partial charge < -0.3 is 14.5 Å². The predicted molar refractivity (Wildman–Crippen MR) is 74.9 cm³/mol. The van der Waals surface area contributed by atoms with Crippen LogP contribution in [0.4, 0.5) is 0 Å². The number of amides is 1. The standard InChI is InChI=1S/C14H21N3O4/c1-9-12(11(3)21-15-9)8-13(18)17-6-4-16(5-7-17)10(2)14(19)20/h10H,4-8H2,1-3H3,(H,19,20). The van der Waals surface area contributed by atoms with Gasteiger partial charge in [-0.25, -0.2) is 0 Å². The largest absolute Gasteiger partial charge is 0.480 e. The molecule has 0 spiro atoms. The van der Waals surface area contributed by atoms with Crippen molar-refractivity contribution < 1.29 is 19.2 Å². The summed E-state index contributed by atoms with van der Waals surface area (Å²) in [6.07, 6.45) is 0.287. The number of nitrogens with zero attached hydrogens (tertiary/aromatic N) is 3. The number of hydrogen-bond acceptors (Lipinski definition) is 5. The van der Waals surface area contributed by atoms with Gasteiger partial charge in [-0.1, -0.05) is 5.16 Å². The summed E-state index contributed by atoms with van der Waals surface area (Å²) >= 11 is 0. The second kappa shape index (κ2) is 6.26. The Hall–Kier alpha value is -1.89. The van der Waals surface area contributed by atoms with E-state index in [1.54, 1.807) is 18.7 Å². The Morgan fingerprint density at radius 3 is 2.38 bits per heavy atom. The average molecular weight is 295 g/mol. The molecule has 1 amide bonds. The quantitative estimate of drug-likeness (QED) is 0.868. The number of aromatic nitrogens is 1. The molecule has 2 heterocycles. The smallest absolute Gasteiger partial charge is 0.320 e. The maximum absolute atomic E-state index is 12.3. The van der Waals surface area contributed by atoms with E-state index in [4.69, 9.17) is 9.63 Å². The van der Waals surface area contributed by atoms with Crippen molar-refractivity contribution in [2.75, 3.05) is 26.2 Å². The molecule has 7 nitrogen and oxygen atoms in total. The van der Waals surface area contributed by atoms with Crippen LogP contribution in [0.3, 0.4) is 0 Å². The second-order valence-electron chi connectivity index (χ2n) is 5.41. The summed E-state index contributed by atoms with van der Waals surface area (Å²) in [5.41, 5.74) is 1.60. The SMILES string of the molecule is Cc1noc(C)c1CC(=O)N1CCN(C(C)C(=O)O)CC1. The van der Waals surface area contributed by atoms with Gasteiger partial charge in [0.25, 0.3) is 0 Å². The van der Waals surface area contributed by atoms with Gasteiger partial charge in [0, 0.05) is 31.7 Å². The summed E-state index contributed by atoms with van der Waals surface area (Å²) in [5.74, 6) is -0.114. The monoisotopic (exact) mass is 295 g/mol. The topological polar surface area (TPSA) is 86.9 Å². The lowest BCUT2D eigenvalue weighted by Gasteiger charge is -2.36. The molecule has 1 N–H and O–H groups in total. The van der Waals surface area contributed by atoms with E-state index < -0.39 is 12.0 Å². The van der Waals surface area contributed by atoms with Gasteiger partial charge in [-0.2, -0.15) is 0 Å². The third-order valence-electron chi connectivity index (χ3n) is 4.08. The minimum Gasteiger partial charge on any atom is -0.480 e. The molecule has 1 fully saturated rings. The van der Waals surface area contributed by atoms with Crippen LogP contribution in [0.1, 0.15) is 23.9 Å². The van der Waals surface area contributed by atoms with E-state index in [-0.39, 0.29) is 12.3 Å². The first kappa shape index (κ1) is 15.5. The lowest BCUT2D eigenvalue weighted by atomic mass is 10.1. The van der Waals surface area contributed by atoms with Crippen molar-refractivity contribution in [2.24, 2.45) is 0 Å². The molecule has 0 radical (unpaired) electrons. The first-order valence-electron chi connectivity index (χ1n) is 7.06. The summed E-state index contributed by atoms with van der Waals surface area (Å²) in [6, 6.07) is -0.509. The van der Waals surface area contributed by atoms with Crippen molar-refractivity contribution in [3.8, 4) is 0 Å². The van der Waals surface area contributed by atoms with Gasteiger partial charge in [0.2, 0.25) is 5.91 Å². The van der Waals surface area contributed by atoms with Gasteiger partial charge >= 0.3 is 5.97 Å². The van der Waals surface area contributed by atoms with Gasteiger partial charge in [-0.15, -0.1) is 0 Å². The van der Waals surface area contributed by atoms with Crippen molar-refractivity contribution in [3.05, 3.63) is 17.0 Å². The molecule has 2 rings (SSSR count). The normalized spacial score (nSPS) is 17.8. The molecule has 0 aromatic carbocycles. The van der Waals surface area contributed by atoms with Crippen LogP contribution >= 0.6 is 0 Å². The fraction of sp³-hybridized carbons (Fsp3) is 0.643. The minimum atomic E-state index is -0.828. The van der Waals surface area contributed by atoms with Crippen molar-refractivity contribution in [1.82, 2.24) is 15.0 Å². The highest BCUT2D eigenvalue weighted by Crippen LogP contribution is 2.15. The number of aliphatic carboxylic acids is 1. The summed E-state index contributed by atoms with van der Waals surface area (Å²) in [4.78, 5) is 26.9. The maximum atomic E-state index is 12.3. The van der Waals surface area contributed by atoms with Crippen LogP contribution in [0.2, 0.25) is 0 Å². The predicted octanol–water partition coefficient (Wildman–Crippen LogP) is 0.451. The van der Waals surface area contributed by atoms with Crippen LogP contribution in [0.25, 0.3) is 0 Å². The minimum absolute atomic E-state index is 0.0343. The highest BCUT2D eigenvalue weighted by molar-refractivity contribution is 5.79. The lowest BCUT2D eigenvalue weighted by Crippen LogP contribution is -2.53. The van der Waals surface area contributed by atoms with Crippen molar-refractivity contribution in [3.63, 3.8) is 0 Å². The number of rotatable bonds is 4. The molecule has 0 aliphatic carbocycles. The number of aryl methyl sites for hydroxylation is 2. The van der Waals surface area contributed by atoms with E-state index in [1.165, 1.54) is 0 Å². The Labute approximate surface area is 123 Å². The van der Waals surface area contributed by atoms with Crippen LogP contribution in [0.15, 0.2) is 4.52 Å². The molecule has 7 heteroatoms. The van der Waals surface area contributed by atoms with E-state index in [9.17, 15) is 9.59 Å². The van der Waals surface area contributed by atoms with Crippen LogP contribution in [0.5, 0.6) is 0 Å². The first-order chi connectivity index (χ1) is 9.90. The van der Waals surface area contributed by atoms with Gasteiger partial charge in [-0.05, 0) is 20.8 Å². The number of hydrogen-bond donors (Lipinski definition) is 1. The van der Waals surface area contributed by atoms with Gasteiger partial charge in [0.05, 0.1) is 12.1 Å². The Morgan fingerprint density at radius 1 is 1.29 bits per heavy atom. The van der Waals surface area contributed by atoms with E-state index >= 15 is 0 Å². The number of carboxylic acids is 1. The molecule has 1 unspecified atom stereocenters. The van der Waals surface area contributed by atoms with Crippen LogP contribution in [-0.2, 0) is 16.0 Å². The second-order valence-corrected chi connectivity index (χ2v) is 5.41. The fourth-order valence-corrected chi connectivity index (χ4v) is 2.53. The zero-order chi connectivity index (χ0) is 15.6. The molecule has 1 aromatic rings. The Morgan fingerprint density at radius 2 is 1.90 bits per heavy atom. The van der Waals surface area contributed by atoms with E-state index in [1.807, 2.05) is 11.8 Å². The van der Waals surface area contributed by atoms with Crippen LogP contribution in [0, 0.1) is 13.8 Å². The Kier molecular flexibility index (Phi) is 4.62. The number of carbonyl (C=O) groups is 2. The van der Waals surface area contributed by atoms with Crippen molar-refractivity contribution >= 4 is 11.9 Å². The molecule has 0 bridgehead atoms. The molecule has 1 aromatic heterocycles. The van der Waals surface area contributed by atoms with E-state index in [2.05, 4.69) is 5.16 Å². The molecule has 21 heavy (non-hydrogen) atoms. The van der Waals surface area contributed by atoms with Crippen LogP contribution in [-0.4, -0.2) is 64.2 Å². The van der Waals surface area contributed by atoms with Crippen LogP contribution < -0.4 is 0 Å². The summed E-state index contributed by atoms with van der Waals surface area (Å²) in [7, 11) is 0. The van der Waals surface area contributed by atoms with E-state index in [0.717, 1.165) is 11.3 Å². The third-order valence-corrected chi connectivity index (χ3v) is 4.08. The maximum Gasteiger partial charge on any atom is 0.320 e. The first-order valence-corrected chi connectivity index (χ1v) is 7.06. The lowest BCUT2D eigenvalue weighted by molar-refractivity contribution is -0.144. The third kappa shape index (κ3) is 3.41. The van der Waals surface area contributed by atoms with E-state index in [0.29, 0.717) is 31.9 Å². The fourth-order valence-electron chi connectivity index (χ4n) is 2.53. The van der Waals surface area contributed by atoms with Crippen molar-refractivity contribution in [2.45, 2.75) is 33.2 Å². The van der Waals surface area contributed by atoms with Gasteiger partial charge in [-0.3, -0.25) is 14.5 Å². The zero-order valence-corrected chi connectivity index (χ0v) is 12.6. The summed E-state index contributed by atoms with van der Waals surface area (Å²) in [6.45, 7) is 7.58. The highest BCUT2D eigenvalue weighted by Gasteiger charge is 2.27. The number of piperazine rings is 1. The summed E-state index contributed by atoms with van der Waals surface area (Å²) < 4.78 is 5.06. The highest BCUT2D eigenvalue weighted by atomic mass is 16.5. The molecule has 1 saturated heterocycles. The van der Waals surface area contributed by atoms with Crippen molar-refractivity contribution in [1.29, 1.82) is 0 Å². The Balaban J connectivity index is 1.90. The number of carbonyl (C=O) groups excluding carboxylic acids is 1. The number of carboxylic acid groups (broad SMARTS) is 1.